The molecule has 0 saturated carbocycles. The van der Waals surface area contributed by atoms with Gasteiger partial charge in [0.2, 0.25) is 0 Å². The van der Waals surface area contributed by atoms with Gasteiger partial charge in [0.15, 0.2) is 6.23 Å². The van der Waals surface area contributed by atoms with Gasteiger partial charge in [0.25, 0.3) is 15.7 Å². The number of aliphatic hydroxyl groups excluding tert-OH is 1. The van der Waals surface area contributed by atoms with Crippen LogP contribution in [0.2, 0.25) is 0 Å². The predicted octanol–water partition coefficient (Wildman–Crippen LogP) is 0.808. The second-order valence-corrected chi connectivity index (χ2v) is 10.7. The Kier molecular flexibility index (Phi) is 6.54. The first kappa shape index (κ1) is 25.4. The van der Waals surface area contributed by atoms with E-state index in [4.69, 9.17) is 18.4 Å². The van der Waals surface area contributed by atoms with Gasteiger partial charge in [-0.1, -0.05) is 29.8 Å². The fourth-order valence-corrected chi connectivity index (χ4v) is 5.43. The topological polar surface area (TPSA) is 135 Å². The monoisotopic (exact) mass is 530 g/mol. The number of aliphatic hydroxyl groups is 1. The maximum absolute atomic E-state index is 13.3. The van der Waals surface area contributed by atoms with Crippen LogP contribution in [0.15, 0.2) is 75.3 Å². The van der Waals surface area contributed by atoms with Crippen LogP contribution in [0, 0.1) is 6.92 Å². The number of nitrogens with zero attached hydrogens (tertiary/aromatic N) is 2. The number of benzene rings is 2. The first-order chi connectivity index (χ1) is 17.6. The maximum atomic E-state index is 13.3. The quantitative estimate of drug-likeness (QED) is 0.420. The normalized spacial score (nSPS) is 24.9. The van der Waals surface area contributed by atoms with Crippen LogP contribution in [0.25, 0.3) is 0 Å². The second kappa shape index (κ2) is 9.54. The number of aryl methyl sites for hydroxylation is 1. The average molecular weight is 531 g/mol. The van der Waals surface area contributed by atoms with Crippen molar-refractivity contribution in [3.8, 4) is 5.75 Å². The Morgan fingerprint density at radius 1 is 1.08 bits per heavy atom. The van der Waals surface area contributed by atoms with Crippen molar-refractivity contribution in [2.24, 2.45) is 0 Å². The van der Waals surface area contributed by atoms with E-state index in [0.29, 0.717) is 11.3 Å². The Bertz CT molecular complexity index is 1510. The standard InChI is InChI=1S/C25H26N2O9S/c1-16-3-9-19(10-4-16)37(31,32)35-15-25-14-34-21(22(25)29)23(36-25)26-12-11-20(28)27(24(26)30)13-17-5-7-18(33-2)8-6-17/h3-12,21-23,29H,13-15H2,1-2H3/t21-,22+,23-,25-/m1/s1. The molecule has 0 aliphatic carbocycles. The van der Waals surface area contributed by atoms with E-state index in [9.17, 15) is 23.1 Å². The van der Waals surface area contributed by atoms with Gasteiger partial charge in [-0.3, -0.25) is 18.1 Å². The zero-order valence-corrected chi connectivity index (χ0v) is 21.0. The van der Waals surface area contributed by atoms with E-state index >= 15 is 0 Å². The van der Waals surface area contributed by atoms with Gasteiger partial charge in [-0.05, 0) is 36.8 Å². The minimum absolute atomic E-state index is 0.00630. The van der Waals surface area contributed by atoms with Crippen LogP contribution in [0.5, 0.6) is 5.75 Å². The fourth-order valence-electron chi connectivity index (χ4n) is 4.47. The van der Waals surface area contributed by atoms with E-state index < -0.39 is 52.0 Å². The highest BCUT2D eigenvalue weighted by molar-refractivity contribution is 7.86. The molecule has 2 saturated heterocycles. The lowest BCUT2D eigenvalue weighted by atomic mass is 10.0. The second-order valence-electron chi connectivity index (χ2n) is 9.10. The van der Waals surface area contributed by atoms with Crippen LogP contribution in [-0.2, 0) is 30.3 Å². The fraction of sp³-hybridized carbons (Fsp3) is 0.360. The number of hydrogen-bond acceptors (Lipinski definition) is 9. The van der Waals surface area contributed by atoms with Crippen LogP contribution in [-0.4, -0.2) is 60.8 Å². The summed E-state index contributed by atoms with van der Waals surface area (Å²) in [7, 11) is -2.59. The number of ether oxygens (including phenoxy) is 3. The highest BCUT2D eigenvalue weighted by Gasteiger charge is 2.62. The molecule has 37 heavy (non-hydrogen) atoms. The van der Waals surface area contributed by atoms with Crippen LogP contribution in [0.1, 0.15) is 17.4 Å². The van der Waals surface area contributed by atoms with Crippen molar-refractivity contribution in [2.75, 3.05) is 20.3 Å². The highest BCUT2D eigenvalue weighted by Crippen LogP contribution is 2.45. The van der Waals surface area contributed by atoms with Gasteiger partial charge in [-0.2, -0.15) is 8.42 Å². The Labute approximate surface area is 212 Å². The molecule has 2 aliphatic rings. The summed E-state index contributed by atoms with van der Waals surface area (Å²) in [5, 5.41) is 10.9. The third-order valence-corrected chi connectivity index (χ3v) is 7.92. The number of aromatic nitrogens is 2. The molecule has 0 spiro atoms. The van der Waals surface area contributed by atoms with Gasteiger partial charge in [-0.15, -0.1) is 0 Å². The number of rotatable bonds is 8. The van der Waals surface area contributed by atoms with E-state index in [1.807, 2.05) is 6.92 Å². The van der Waals surface area contributed by atoms with E-state index in [2.05, 4.69) is 0 Å². The van der Waals surface area contributed by atoms with E-state index in [1.54, 1.807) is 36.4 Å². The highest BCUT2D eigenvalue weighted by atomic mass is 32.2. The number of hydrogen-bond donors (Lipinski definition) is 1. The van der Waals surface area contributed by atoms with Crippen LogP contribution >= 0.6 is 0 Å². The Morgan fingerprint density at radius 3 is 2.46 bits per heavy atom. The lowest BCUT2D eigenvalue weighted by Gasteiger charge is -2.30. The van der Waals surface area contributed by atoms with Crippen LogP contribution < -0.4 is 16.0 Å². The first-order valence-electron chi connectivity index (χ1n) is 11.5. The van der Waals surface area contributed by atoms with E-state index in [1.165, 1.54) is 31.5 Å². The summed E-state index contributed by atoms with van der Waals surface area (Å²) in [5.41, 5.74) is -1.09. The van der Waals surface area contributed by atoms with Crippen molar-refractivity contribution >= 4 is 10.1 Å². The molecule has 3 aromatic rings. The maximum Gasteiger partial charge on any atom is 0.333 e. The van der Waals surface area contributed by atoms with Crippen LogP contribution in [0.3, 0.4) is 0 Å². The van der Waals surface area contributed by atoms with Gasteiger partial charge in [-0.25, -0.2) is 4.79 Å². The summed E-state index contributed by atoms with van der Waals surface area (Å²) in [6.07, 6.45) is -2.05. The van der Waals surface area contributed by atoms with Crippen molar-refractivity contribution in [1.29, 1.82) is 0 Å². The summed E-state index contributed by atoms with van der Waals surface area (Å²) < 4.78 is 49.6. The smallest absolute Gasteiger partial charge is 0.333 e. The molecule has 0 amide bonds. The van der Waals surface area contributed by atoms with E-state index in [0.717, 1.165) is 14.7 Å². The zero-order chi connectivity index (χ0) is 26.4. The van der Waals surface area contributed by atoms with Crippen molar-refractivity contribution in [3.05, 3.63) is 92.8 Å². The summed E-state index contributed by atoms with van der Waals surface area (Å²) in [5.74, 6) is 0.639. The van der Waals surface area contributed by atoms with E-state index in [-0.39, 0.29) is 18.0 Å². The van der Waals surface area contributed by atoms with Crippen molar-refractivity contribution < 1.29 is 31.9 Å². The molecule has 2 aromatic carbocycles. The zero-order valence-electron chi connectivity index (χ0n) is 20.1. The van der Waals surface area contributed by atoms with Crippen LogP contribution in [0.4, 0.5) is 0 Å². The molecule has 2 bridgehead atoms. The minimum Gasteiger partial charge on any atom is -0.497 e. The molecule has 196 valence electrons. The van der Waals surface area contributed by atoms with Gasteiger partial charge < -0.3 is 19.3 Å². The average Bonchev–Trinajstić information content (AvgIpc) is 3.35. The molecular formula is C25H26N2O9S. The summed E-state index contributed by atoms with van der Waals surface area (Å²) in [6.45, 7) is 1.19. The number of methoxy groups -OCH3 is 1. The van der Waals surface area contributed by atoms with Gasteiger partial charge in [0.05, 0.1) is 25.2 Å². The molecular weight excluding hydrogens is 504 g/mol. The predicted molar refractivity (Wildman–Crippen MR) is 130 cm³/mol. The largest absolute Gasteiger partial charge is 0.497 e. The first-order valence-corrected chi connectivity index (χ1v) is 12.9. The molecule has 2 fully saturated rings. The van der Waals surface area contributed by atoms with Crippen molar-refractivity contribution in [1.82, 2.24) is 9.13 Å². The SMILES string of the molecule is COc1ccc(Cn2c(=O)ccn([C@@H]3O[C@@]4(COS(=O)(=O)c5ccc(C)cc5)CO[C@@H]3[C@@H]4O)c2=O)cc1. The molecule has 0 unspecified atom stereocenters. The summed E-state index contributed by atoms with van der Waals surface area (Å²) in [4.78, 5) is 25.8. The molecule has 4 atom stereocenters. The lowest BCUT2D eigenvalue weighted by molar-refractivity contribution is -0.184. The molecule has 12 heteroatoms. The number of fused-ring (bicyclic) bond motifs is 2. The van der Waals surface area contributed by atoms with Crippen molar-refractivity contribution in [3.63, 3.8) is 0 Å². The molecule has 3 heterocycles. The third-order valence-electron chi connectivity index (χ3n) is 6.64. The van der Waals surface area contributed by atoms with Gasteiger partial charge in [0, 0.05) is 12.3 Å². The Morgan fingerprint density at radius 2 is 1.78 bits per heavy atom. The van der Waals surface area contributed by atoms with Crippen molar-refractivity contribution in [2.45, 2.75) is 42.4 Å². The summed E-state index contributed by atoms with van der Waals surface area (Å²) >= 11 is 0. The Hall–Kier alpha value is -3.29. The minimum atomic E-state index is -4.13. The molecule has 5 rings (SSSR count). The molecule has 2 aliphatic heterocycles. The molecule has 1 aromatic heterocycles. The lowest BCUT2D eigenvalue weighted by Crippen LogP contribution is -2.47. The Balaban J connectivity index is 1.38. The molecule has 11 nitrogen and oxygen atoms in total. The third kappa shape index (κ3) is 4.62. The van der Waals surface area contributed by atoms with Gasteiger partial charge in [0.1, 0.15) is 30.2 Å². The summed E-state index contributed by atoms with van der Waals surface area (Å²) in [6, 6.07) is 14.3. The molecule has 1 N–H and O–H groups in total. The van der Waals surface area contributed by atoms with Gasteiger partial charge >= 0.3 is 5.69 Å². The molecule has 0 radical (unpaired) electrons.